The Labute approximate surface area is 120 Å². The minimum Gasteiger partial charge on any atom is -0.325 e. The molecule has 19 heavy (non-hydrogen) atoms. The number of likely N-dealkylation sites (tertiary alicyclic amines) is 1. The van der Waals surface area contributed by atoms with Crippen LogP contribution in [0, 0.1) is 0 Å². The highest BCUT2D eigenvalue weighted by Gasteiger charge is 2.31. The first-order valence-corrected chi connectivity index (χ1v) is 6.44. The molecule has 1 heterocycles. The molecule has 100 valence electrons. The summed E-state index contributed by atoms with van der Waals surface area (Å²) in [6.45, 7) is 1.96. The maximum Gasteiger partial charge on any atom is 0.0602 e. The van der Waals surface area contributed by atoms with Crippen LogP contribution in [0.3, 0.4) is 0 Å². The lowest BCUT2D eigenvalue weighted by molar-refractivity contribution is 0.114. The third kappa shape index (κ3) is 2.98. The molecule has 2 aromatic carbocycles. The van der Waals surface area contributed by atoms with E-state index in [4.69, 9.17) is 5.73 Å². The van der Waals surface area contributed by atoms with E-state index in [2.05, 4.69) is 65.6 Å². The maximum atomic E-state index is 5.92. The summed E-state index contributed by atoms with van der Waals surface area (Å²) in [7, 11) is 0. The number of benzene rings is 2. The number of nitrogens with zero attached hydrogens (tertiary/aromatic N) is 1. The van der Waals surface area contributed by atoms with Crippen molar-refractivity contribution < 1.29 is 0 Å². The van der Waals surface area contributed by atoms with Crippen molar-refractivity contribution >= 4 is 12.4 Å². The molecular formula is C16H19ClN2. The Kier molecular flexibility index (Phi) is 4.59. The van der Waals surface area contributed by atoms with Crippen LogP contribution in [0.1, 0.15) is 17.2 Å². The minimum atomic E-state index is 0. The summed E-state index contributed by atoms with van der Waals surface area (Å²) in [6.07, 6.45) is 0. The fourth-order valence-electron chi connectivity index (χ4n) is 2.64. The molecule has 1 aliphatic heterocycles. The van der Waals surface area contributed by atoms with Gasteiger partial charge in [0.2, 0.25) is 0 Å². The zero-order chi connectivity index (χ0) is 12.4. The van der Waals surface area contributed by atoms with E-state index in [1.807, 2.05) is 0 Å². The van der Waals surface area contributed by atoms with Crippen molar-refractivity contribution in [3.05, 3.63) is 71.8 Å². The second kappa shape index (κ2) is 6.20. The van der Waals surface area contributed by atoms with Crippen molar-refractivity contribution in [1.29, 1.82) is 0 Å². The van der Waals surface area contributed by atoms with Gasteiger partial charge < -0.3 is 5.73 Å². The summed E-state index contributed by atoms with van der Waals surface area (Å²) in [5.74, 6) is 0. The van der Waals surface area contributed by atoms with Gasteiger partial charge in [-0.25, -0.2) is 0 Å². The van der Waals surface area contributed by atoms with Crippen LogP contribution < -0.4 is 5.73 Å². The predicted octanol–water partition coefficient (Wildman–Crippen LogP) is 2.84. The molecule has 0 spiro atoms. The maximum absolute atomic E-state index is 5.92. The van der Waals surface area contributed by atoms with E-state index in [1.165, 1.54) is 11.1 Å². The van der Waals surface area contributed by atoms with Gasteiger partial charge in [0, 0.05) is 19.1 Å². The standard InChI is InChI=1S/C16H18N2.ClH/c17-15-11-18(12-15)16(13-7-3-1-4-8-13)14-9-5-2-6-10-14;/h1-10,15-16H,11-12,17H2;1H. The summed E-state index contributed by atoms with van der Waals surface area (Å²) >= 11 is 0. The Bertz CT molecular complexity index is 455. The van der Waals surface area contributed by atoms with Crippen molar-refractivity contribution in [3.63, 3.8) is 0 Å². The van der Waals surface area contributed by atoms with Crippen LogP contribution in [0.2, 0.25) is 0 Å². The molecule has 2 aromatic rings. The summed E-state index contributed by atoms with van der Waals surface area (Å²) < 4.78 is 0. The molecular weight excluding hydrogens is 256 g/mol. The zero-order valence-corrected chi connectivity index (χ0v) is 11.6. The first kappa shape index (κ1) is 14.1. The number of hydrogen-bond acceptors (Lipinski definition) is 2. The molecule has 3 rings (SSSR count). The van der Waals surface area contributed by atoms with Crippen LogP contribution in [-0.4, -0.2) is 24.0 Å². The van der Waals surface area contributed by atoms with Crippen molar-refractivity contribution in [1.82, 2.24) is 4.90 Å². The first-order chi connectivity index (χ1) is 8.84. The van der Waals surface area contributed by atoms with Gasteiger partial charge in [0.15, 0.2) is 0 Å². The zero-order valence-electron chi connectivity index (χ0n) is 10.8. The Morgan fingerprint density at radius 2 is 1.26 bits per heavy atom. The lowest BCUT2D eigenvalue weighted by Gasteiger charge is -2.43. The minimum absolute atomic E-state index is 0. The van der Waals surface area contributed by atoms with Crippen molar-refractivity contribution in [3.8, 4) is 0 Å². The van der Waals surface area contributed by atoms with Gasteiger partial charge in [-0.1, -0.05) is 60.7 Å². The van der Waals surface area contributed by atoms with Crippen LogP contribution >= 0.6 is 12.4 Å². The molecule has 0 saturated carbocycles. The second-order valence-electron chi connectivity index (χ2n) is 4.94. The molecule has 1 saturated heterocycles. The monoisotopic (exact) mass is 274 g/mol. The average molecular weight is 275 g/mol. The smallest absolute Gasteiger partial charge is 0.0602 e. The largest absolute Gasteiger partial charge is 0.325 e. The summed E-state index contributed by atoms with van der Waals surface area (Å²) in [5, 5.41) is 0. The Morgan fingerprint density at radius 3 is 1.63 bits per heavy atom. The number of nitrogens with two attached hydrogens (primary N) is 1. The number of rotatable bonds is 3. The van der Waals surface area contributed by atoms with Gasteiger partial charge in [0.25, 0.3) is 0 Å². The van der Waals surface area contributed by atoms with E-state index >= 15 is 0 Å². The van der Waals surface area contributed by atoms with Gasteiger partial charge in [-0.2, -0.15) is 0 Å². The SMILES string of the molecule is Cl.NC1CN(C(c2ccccc2)c2ccccc2)C1. The van der Waals surface area contributed by atoms with Gasteiger partial charge in [0.1, 0.15) is 0 Å². The molecule has 0 unspecified atom stereocenters. The fraction of sp³-hybridized carbons (Fsp3) is 0.250. The van der Waals surface area contributed by atoms with E-state index in [-0.39, 0.29) is 12.4 Å². The molecule has 0 atom stereocenters. The lowest BCUT2D eigenvalue weighted by Crippen LogP contribution is -2.56. The quantitative estimate of drug-likeness (QED) is 0.933. The predicted molar refractivity (Wildman–Crippen MR) is 81.5 cm³/mol. The van der Waals surface area contributed by atoms with Crippen LogP contribution in [0.25, 0.3) is 0 Å². The van der Waals surface area contributed by atoms with E-state index in [1.54, 1.807) is 0 Å². The molecule has 0 aliphatic carbocycles. The van der Waals surface area contributed by atoms with E-state index in [0.29, 0.717) is 12.1 Å². The van der Waals surface area contributed by atoms with Crippen molar-refractivity contribution in [2.45, 2.75) is 12.1 Å². The van der Waals surface area contributed by atoms with Crippen LogP contribution in [-0.2, 0) is 0 Å². The van der Waals surface area contributed by atoms with Gasteiger partial charge in [-0.15, -0.1) is 12.4 Å². The third-order valence-electron chi connectivity index (χ3n) is 3.53. The van der Waals surface area contributed by atoms with Gasteiger partial charge in [-0.3, -0.25) is 4.90 Å². The van der Waals surface area contributed by atoms with Crippen molar-refractivity contribution in [2.24, 2.45) is 5.73 Å². The summed E-state index contributed by atoms with van der Waals surface area (Å²) in [6, 6.07) is 22.0. The van der Waals surface area contributed by atoms with Gasteiger partial charge in [-0.05, 0) is 11.1 Å². The van der Waals surface area contributed by atoms with Crippen LogP contribution in [0.4, 0.5) is 0 Å². The van der Waals surface area contributed by atoms with Gasteiger partial charge >= 0.3 is 0 Å². The molecule has 0 aromatic heterocycles. The van der Waals surface area contributed by atoms with E-state index in [0.717, 1.165) is 13.1 Å². The van der Waals surface area contributed by atoms with Crippen LogP contribution in [0.5, 0.6) is 0 Å². The molecule has 0 amide bonds. The Hall–Kier alpha value is -1.35. The molecule has 0 radical (unpaired) electrons. The molecule has 1 aliphatic rings. The summed E-state index contributed by atoms with van der Waals surface area (Å²) in [5.41, 5.74) is 8.61. The van der Waals surface area contributed by atoms with E-state index < -0.39 is 0 Å². The average Bonchev–Trinajstić information content (AvgIpc) is 2.40. The third-order valence-corrected chi connectivity index (χ3v) is 3.53. The van der Waals surface area contributed by atoms with Gasteiger partial charge in [0.05, 0.1) is 6.04 Å². The fourth-order valence-corrected chi connectivity index (χ4v) is 2.64. The Balaban J connectivity index is 0.00000133. The molecule has 0 bridgehead atoms. The normalized spacial score (nSPS) is 15.9. The lowest BCUT2D eigenvalue weighted by atomic mass is 9.93. The number of halogens is 1. The topological polar surface area (TPSA) is 29.3 Å². The molecule has 2 nitrogen and oxygen atoms in total. The summed E-state index contributed by atoms with van der Waals surface area (Å²) in [4.78, 5) is 2.44. The number of hydrogen-bond donors (Lipinski definition) is 1. The Morgan fingerprint density at radius 1 is 0.842 bits per heavy atom. The highest BCUT2D eigenvalue weighted by Crippen LogP contribution is 2.31. The molecule has 1 fully saturated rings. The highest BCUT2D eigenvalue weighted by molar-refractivity contribution is 5.85. The molecule has 3 heteroatoms. The second-order valence-corrected chi connectivity index (χ2v) is 4.94. The van der Waals surface area contributed by atoms with Crippen LogP contribution in [0.15, 0.2) is 60.7 Å². The van der Waals surface area contributed by atoms with E-state index in [9.17, 15) is 0 Å². The first-order valence-electron chi connectivity index (χ1n) is 6.44. The van der Waals surface area contributed by atoms with Crippen molar-refractivity contribution in [2.75, 3.05) is 13.1 Å². The highest BCUT2D eigenvalue weighted by atomic mass is 35.5. The molecule has 2 N–H and O–H groups in total.